The van der Waals surface area contributed by atoms with Crippen molar-refractivity contribution in [2.24, 2.45) is 0 Å². The van der Waals surface area contributed by atoms with Gasteiger partial charge in [-0.1, -0.05) is 11.6 Å². The SMILES string of the molecule is O=[N+]([O-])c1cc(C(F)(F)F)cc(NCC(O)CCl)c1Cl. The van der Waals surface area contributed by atoms with Crippen molar-refractivity contribution >= 4 is 34.6 Å². The number of nitro benzene ring substituents is 1. The molecule has 20 heavy (non-hydrogen) atoms. The highest BCUT2D eigenvalue weighted by atomic mass is 35.5. The van der Waals surface area contributed by atoms with E-state index < -0.39 is 33.5 Å². The molecular weight excluding hydrogens is 324 g/mol. The second-order valence-corrected chi connectivity index (χ2v) is 4.49. The van der Waals surface area contributed by atoms with Gasteiger partial charge in [0.2, 0.25) is 0 Å². The summed E-state index contributed by atoms with van der Waals surface area (Å²) in [7, 11) is 0. The van der Waals surface area contributed by atoms with Crippen molar-refractivity contribution in [1.29, 1.82) is 0 Å². The van der Waals surface area contributed by atoms with E-state index >= 15 is 0 Å². The van der Waals surface area contributed by atoms with E-state index in [1.165, 1.54) is 0 Å². The molecule has 0 fully saturated rings. The van der Waals surface area contributed by atoms with Crippen molar-refractivity contribution in [3.63, 3.8) is 0 Å². The smallest absolute Gasteiger partial charge is 0.390 e. The molecule has 0 aliphatic heterocycles. The number of aliphatic hydroxyl groups is 1. The zero-order chi connectivity index (χ0) is 15.5. The summed E-state index contributed by atoms with van der Waals surface area (Å²) in [5, 5.41) is 21.9. The van der Waals surface area contributed by atoms with E-state index in [1.807, 2.05) is 0 Å². The zero-order valence-electron chi connectivity index (χ0n) is 9.75. The number of nitrogens with one attached hydrogen (secondary N) is 1. The number of nitro groups is 1. The predicted octanol–water partition coefficient (Wildman–Crippen LogP) is 3.28. The van der Waals surface area contributed by atoms with Gasteiger partial charge in [-0.3, -0.25) is 10.1 Å². The molecule has 0 spiro atoms. The molecule has 0 bridgehead atoms. The molecule has 10 heteroatoms. The minimum absolute atomic E-state index is 0.147. The highest BCUT2D eigenvalue weighted by Crippen LogP contribution is 2.39. The van der Waals surface area contributed by atoms with E-state index in [0.717, 1.165) is 0 Å². The lowest BCUT2D eigenvalue weighted by molar-refractivity contribution is -0.384. The first-order chi connectivity index (χ1) is 9.16. The lowest BCUT2D eigenvalue weighted by Gasteiger charge is -2.14. The van der Waals surface area contributed by atoms with Gasteiger partial charge >= 0.3 is 6.18 Å². The van der Waals surface area contributed by atoms with E-state index in [0.29, 0.717) is 12.1 Å². The van der Waals surface area contributed by atoms with E-state index in [9.17, 15) is 28.4 Å². The Hall–Kier alpha value is -1.25. The standard InChI is InChI=1S/C10H9Cl2F3N2O3/c11-3-6(18)4-16-7-1-5(10(13,14)15)2-8(9(7)12)17(19)20/h1-2,6,16,18H,3-4H2. The highest BCUT2D eigenvalue weighted by Gasteiger charge is 2.34. The van der Waals surface area contributed by atoms with Crippen molar-refractivity contribution in [3.8, 4) is 0 Å². The maximum atomic E-state index is 12.6. The van der Waals surface area contributed by atoms with Crippen molar-refractivity contribution in [3.05, 3.63) is 32.8 Å². The molecule has 1 rings (SSSR count). The zero-order valence-corrected chi connectivity index (χ0v) is 11.3. The fourth-order valence-electron chi connectivity index (χ4n) is 1.32. The Bertz CT molecular complexity index is 511. The monoisotopic (exact) mass is 332 g/mol. The lowest BCUT2D eigenvalue weighted by Crippen LogP contribution is -2.21. The van der Waals surface area contributed by atoms with Gasteiger partial charge in [0.15, 0.2) is 0 Å². The van der Waals surface area contributed by atoms with Gasteiger partial charge in [-0.25, -0.2) is 0 Å². The van der Waals surface area contributed by atoms with Crippen LogP contribution >= 0.6 is 23.2 Å². The molecule has 1 atom stereocenters. The summed E-state index contributed by atoms with van der Waals surface area (Å²) in [6.07, 6.45) is -5.78. The maximum absolute atomic E-state index is 12.6. The van der Waals surface area contributed by atoms with E-state index in [2.05, 4.69) is 5.32 Å². The van der Waals surface area contributed by atoms with Gasteiger partial charge in [0.1, 0.15) is 5.02 Å². The number of nitrogens with zero attached hydrogens (tertiary/aromatic N) is 1. The molecule has 5 nitrogen and oxygen atoms in total. The predicted molar refractivity (Wildman–Crippen MR) is 68.3 cm³/mol. The van der Waals surface area contributed by atoms with Crippen LogP contribution in [0.15, 0.2) is 12.1 Å². The van der Waals surface area contributed by atoms with Crippen LogP contribution in [0.5, 0.6) is 0 Å². The number of alkyl halides is 4. The molecule has 112 valence electrons. The number of rotatable bonds is 5. The third-order valence-electron chi connectivity index (χ3n) is 2.28. The minimum Gasteiger partial charge on any atom is -0.390 e. The summed E-state index contributed by atoms with van der Waals surface area (Å²) in [5.74, 6) is -0.147. The van der Waals surface area contributed by atoms with Gasteiger partial charge in [-0.05, 0) is 6.07 Å². The molecule has 0 saturated carbocycles. The van der Waals surface area contributed by atoms with Crippen LogP contribution in [0.2, 0.25) is 5.02 Å². The Labute approximate surface area is 121 Å². The average Bonchev–Trinajstić information content (AvgIpc) is 2.35. The second kappa shape index (κ2) is 6.47. The molecule has 0 aliphatic rings. The van der Waals surface area contributed by atoms with Crippen LogP contribution in [0.1, 0.15) is 5.56 Å². The summed E-state index contributed by atoms with van der Waals surface area (Å²) >= 11 is 11.0. The molecule has 1 unspecified atom stereocenters. The number of hydrogen-bond donors (Lipinski definition) is 2. The second-order valence-electron chi connectivity index (χ2n) is 3.80. The van der Waals surface area contributed by atoms with Crippen molar-refractivity contribution in [1.82, 2.24) is 0 Å². The maximum Gasteiger partial charge on any atom is 0.416 e. The minimum atomic E-state index is -4.75. The summed E-state index contributed by atoms with van der Waals surface area (Å²) in [4.78, 5) is 9.69. The molecule has 0 aromatic heterocycles. The lowest BCUT2D eigenvalue weighted by atomic mass is 10.1. The van der Waals surface area contributed by atoms with Gasteiger partial charge in [-0.2, -0.15) is 13.2 Å². The average molecular weight is 333 g/mol. The van der Waals surface area contributed by atoms with Crippen LogP contribution in [0, 0.1) is 10.1 Å². The summed E-state index contributed by atoms with van der Waals surface area (Å²) in [6.45, 7) is -0.193. The number of benzene rings is 1. The first-order valence-electron chi connectivity index (χ1n) is 5.19. The Morgan fingerprint density at radius 2 is 2.05 bits per heavy atom. The van der Waals surface area contributed by atoms with Crippen LogP contribution in [0.4, 0.5) is 24.5 Å². The first-order valence-corrected chi connectivity index (χ1v) is 6.11. The first kappa shape index (κ1) is 16.8. The van der Waals surface area contributed by atoms with Gasteiger partial charge in [0.05, 0.1) is 28.2 Å². The fourth-order valence-corrected chi connectivity index (χ4v) is 1.67. The summed E-state index contributed by atoms with van der Waals surface area (Å²) in [5.41, 5.74) is -2.38. The Morgan fingerprint density at radius 1 is 1.45 bits per heavy atom. The van der Waals surface area contributed by atoms with E-state index in [-0.39, 0.29) is 18.1 Å². The number of halogens is 5. The van der Waals surface area contributed by atoms with Crippen molar-refractivity contribution in [2.45, 2.75) is 12.3 Å². The normalized spacial score (nSPS) is 13.1. The topological polar surface area (TPSA) is 75.4 Å². The summed E-state index contributed by atoms with van der Waals surface area (Å²) < 4.78 is 37.9. The van der Waals surface area contributed by atoms with Crippen molar-refractivity contribution < 1.29 is 23.2 Å². The molecular formula is C10H9Cl2F3N2O3. The molecule has 1 aromatic carbocycles. The number of anilines is 1. The van der Waals surface area contributed by atoms with Crippen LogP contribution in [0.25, 0.3) is 0 Å². The molecule has 0 radical (unpaired) electrons. The number of aliphatic hydroxyl groups excluding tert-OH is 1. The Kier molecular flexibility index (Phi) is 5.43. The quantitative estimate of drug-likeness (QED) is 0.493. The van der Waals surface area contributed by atoms with Gasteiger partial charge in [0, 0.05) is 12.6 Å². The number of hydrogen-bond acceptors (Lipinski definition) is 4. The van der Waals surface area contributed by atoms with Gasteiger partial charge in [-0.15, -0.1) is 11.6 Å². The third-order valence-corrected chi connectivity index (χ3v) is 3.04. The molecule has 0 saturated heterocycles. The summed E-state index contributed by atoms with van der Waals surface area (Å²) in [6, 6.07) is 0.988. The van der Waals surface area contributed by atoms with Crippen LogP contribution < -0.4 is 5.32 Å². The Morgan fingerprint density at radius 3 is 2.50 bits per heavy atom. The molecule has 0 heterocycles. The Balaban J connectivity index is 3.21. The fraction of sp³-hybridized carbons (Fsp3) is 0.400. The largest absolute Gasteiger partial charge is 0.416 e. The molecule has 2 N–H and O–H groups in total. The molecule has 1 aromatic rings. The molecule has 0 aliphatic carbocycles. The van der Waals surface area contributed by atoms with Crippen molar-refractivity contribution in [2.75, 3.05) is 17.7 Å². The van der Waals surface area contributed by atoms with Gasteiger partial charge in [0.25, 0.3) is 5.69 Å². The van der Waals surface area contributed by atoms with Crippen LogP contribution in [-0.2, 0) is 6.18 Å². The third kappa shape index (κ3) is 4.12. The van der Waals surface area contributed by atoms with E-state index in [1.54, 1.807) is 0 Å². The van der Waals surface area contributed by atoms with E-state index in [4.69, 9.17) is 23.2 Å². The molecule has 0 amide bonds. The van der Waals surface area contributed by atoms with Crippen LogP contribution in [-0.4, -0.2) is 28.6 Å². The van der Waals surface area contributed by atoms with Crippen LogP contribution in [0.3, 0.4) is 0 Å². The highest BCUT2D eigenvalue weighted by molar-refractivity contribution is 6.35. The van der Waals surface area contributed by atoms with Gasteiger partial charge < -0.3 is 10.4 Å².